The fraction of sp³-hybridized carbons (Fsp3) is 0. The molecule has 2 aromatic carbocycles. The highest BCUT2D eigenvalue weighted by Crippen LogP contribution is 2.45. The Labute approximate surface area is 158 Å². The summed E-state index contributed by atoms with van der Waals surface area (Å²) in [5.41, 5.74) is 3.25. The summed E-state index contributed by atoms with van der Waals surface area (Å²) in [6.45, 7) is 0. The molecule has 0 radical (unpaired) electrons. The lowest BCUT2D eigenvalue weighted by atomic mass is 10.1. The van der Waals surface area contributed by atoms with Gasteiger partial charge in [0.2, 0.25) is 5.82 Å². The Morgan fingerprint density at radius 2 is 2.00 bits per heavy atom. The van der Waals surface area contributed by atoms with E-state index in [2.05, 4.69) is 51.7 Å². The van der Waals surface area contributed by atoms with Gasteiger partial charge >= 0.3 is 0 Å². The number of rotatable bonds is 3. The molecule has 0 amide bonds. The number of hydrogen-bond acceptors (Lipinski definition) is 6. The van der Waals surface area contributed by atoms with Crippen molar-refractivity contribution in [2.45, 2.75) is 0 Å². The fourth-order valence-corrected chi connectivity index (χ4v) is 3.76. The lowest BCUT2D eigenvalue weighted by molar-refractivity contribution is 0.460. The van der Waals surface area contributed by atoms with Crippen molar-refractivity contribution in [1.29, 1.82) is 0 Å². The van der Waals surface area contributed by atoms with Gasteiger partial charge in [-0.25, -0.2) is 0 Å². The van der Waals surface area contributed by atoms with Crippen LogP contribution in [0, 0.1) is 4.91 Å². The largest absolute Gasteiger partial charge is 0.494 e. The summed E-state index contributed by atoms with van der Waals surface area (Å²) in [7, 11) is 0. The number of hydrogen-bond donors (Lipinski definition) is 4. The predicted molar refractivity (Wildman–Crippen MR) is 104 cm³/mol. The molecular weight excluding hydrogens is 414 g/mol. The van der Waals surface area contributed by atoms with E-state index in [1.807, 2.05) is 24.3 Å². The van der Waals surface area contributed by atoms with Gasteiger partial charge in [0, 0.05) is 26.3 Å². The third kappa shape index (κ3) is 2.27. The summed E-state index contributed by atoms with van der Waals surface area (Å²) in [5.74, 6) is 0.363. The molecular formula is C17H10BrN7O2. The Balaban J connectivity index is 1.81. The normalized spacial score (nSPS) is 11.4. The highest BCUT2D eigenvalue weighted by atomic mass is 79.9. The van der Waals surface area contributed by atoms with Crippen LogP contribution in [0.15, 0.2) is 46.0 Å². The van der Waals surface area contributed by atoms with Crippen molar-refractivity contribution >= 4 is 43.4 Å². The highest BCUT2D eigenvalue weighted by Gasteiger charge is 2.22. The van der Waals surface area contributed by atoms with E-state index in [-0.39, 0.29) is 11.6 Å². The van der Waals surface area contributed by atoms with E-state index in [9.17, 15) is 10.0 Å². The fourth-order valence-electron chi connectivity index (χ4n) is 3.30. The molecule has 27 heavy (non-hydrogen) atoms. The van der Waals surface area contributed by atoms with Crippen LogP contribution < -0.4 is 0 Å². The first kappa shape index (κ1) is 15.7. The van der Waals surface area contributed by atoms with Crippen LogP contribution in [-0.4, -0.2) is 35.7 Å². The van der Waals surface area contributed by atoms with Crippen LogP contribution in [0.2, 0.25) is 0 Å². The Kier molecular flexibility index (Phi) is 3.34. The van der Waals surface area contributed by atoms with Gasteiger partial charge in [0.05, 0.1) is 16.8 Å². The highest BCUT2D eigenvalue weighted by molar-refractivity contribution is 9.10. The molecule has 3 aromatic heterocycles. The first-order chi connectivity index (χ1) is 13.2. The van der Waals surface area contributed by atoms with Gasteiger partial charge in [-0.2, -0.15) is 5.21 Å². The van der Waals surface area contributed by atoms with Gasteiger partial charge in [-0.15, -0.1) is 15.1 Å². The molecule has 10 heteroatoms. The molecule has 5 rings (SSSR count). The number of nitrogens with one attached hydrogen (secondary N) is 3. The average Bonchev–Trinajstić information content (AvgIpc) is 3.37. The number of benzene rings is 2. The smallest absolute Gasteiger partial charge is 0.204 e. The van der Waals surface area contributed by atoms with Crippen molar-refractivity contribution < 1.29 is 5.11 Å². The second-order valence-electron chi connectivity index (χ2n) is 5.95. The molecule has 9 nitrogen and oxygen atoms in total. The first-order valence-corrected chi connectivity index (χ1v) is 8.69. The quantitative estimate of drug-likeness (QED) is 0.319. The topological polar surface area (TPSA) is 136 Å². The van der Waals surface area contributed by atoms with Crippen LogP contribution >= 0.6 is 15.9 Å². The molecule has 3 heterocycles. The van der Waals surface area contributed by atoms with Crippen molar-refractivity contribution in [3.05, 3.63) is 45.8 Å². The molecule has 0 saturated heterocycles. The number of aromatic hydroxyl groups is 1. The minimum atomic E-state index is -0.0493. The van der Waals surface area contributed by atoms with Crippen LogP contribution in [-0.2, 0) is 0 Å². The SMILES string of the molecule is O=Nc1c(-c2c(O)[nH]c3c(Br)cccc23)[nH]c2ccc(-c3nn[nH]n3)cc12. The lowest BCUT2D eigenvalue weighted by Gasteiger charge is -1.99. The number of fused-ring (bicyclic) bond motifs is 2. The minimum Gasteiger partial charge on any atom is -0.494 e. The summed E-state index contributed by atoms with van der Waals surface area (Å²) in [6.07, 6.45) is 0. The Morgan fingerprint density at radius 1 is 1.11 bits per heavy atom. The van der Waals surface area contributed by atoms with Crippen molar-refractivity contribution in [3.8, 4) is 28.5 Å². The summed E-state index contributed by atoms with van der Waals surface area (Å²) in [4.78, 5) is 17.8. The molecule has 0 spiro atoms. The van der Waals surface area contributed by atoms with Gasteiger partial charge in [0.1, 0.15) is 5.69 Å². The first-order valence-electron chi connectivity index (χ1n) is 7.90. The van der Waals surface area contributed by atoms with Gasteiger partial charge in [-0.3, -0.25) is 0 Å². The van der Waals surface area contributed by atoms with Gasteiger partial charge in [-0.05, 0) is 50.6 Å². The van der Waals surface area contributed by atoms with E-state index in [4.69, 9.17) is 0 Å². The molecule has 0 saturated carbocycles. The standard InChI is InChI=1S/C17H10BrN7O2/c18-10-3-1-2-8-12(17(26)20-13(8)10)15-14(23-27)9-6-7(4-5-11(9)19-15)16-21-24-25-22-16/h1-6,19-20,26H,(H,21,22,24,25). The van der Waals surface area contributed by atoms with E-state index in [0.29, 0.717) is 33.5 Å². The molecule has 0 aliphatic rings. The maximum absolute atomic E-state index is 11.7. The molecule has 0 aliphatic carbocycles. The number of nitroso groups, excluding NO2 is 1. The molecule has 0 unspecified atom stereocenters. The second kappa shape index (κ2) is 5.74. The number of nitrogens with zero attached hydrogens (tertiary/aromatic N) is 4. The van der Waals surface area contributed by atoms with Crippen LogP contribution in [0.1, 0.15) is 0 Å². The van der Waals surface area contributed by atoms with Gasteiger partial charge in [0.15, 0.2) is 5.88 Å². The molecule has 4 N–H and O–H groups in total. The van der Waals surface area contributed by atoms with Crippen molar-refractivity contribution in [1.82, 2.24) is 30.6 Å². The number of halogens is 1. The third-order valence-electron chi connectivity index (χ3n) is 4.48. The zero-order valence-corrected chi connectivity index (χ0v) is 15.1. The van der Waals surface area contributed by atoms with Gasteiger partial charge < -0.3 is 15.1 Å². The van der Waals surface area contributed by atoms with Crippen LogP contribution in [0.4, 0.5) is 5.69 Å². The van der Waals surface area contributed by atoms with E-state index < -0.39 is 0 Å². The molecule has 132 valence electrons. The van der Waals surface area contributed by atoms with Gasteiger partial charge in [-0.1, -0.05) is 12.1 Å². The maximum atomic E-state index is 11.7. The van der Waals surface area contributed by atoms with E-state index in [0.717, 1.165) is 15.4 Å². The Hall–Kier alpha value is -3.53. The number of H-pyrrole nitrogens is 3. The second-order valence-corrected chi connectivity index (χ2v) is 6.80. The monoisotopic (exact) mass is 423 g/mol. The van der Waals surface area contributed by atoms with Crippen LogP contribution in [0.3, 0.4) is 0 Å². The minimum absolute atomic E-state index is 0.0493. The van der Waals surface area contributed by atoms with E-state index in [1.54, 1.807) is 12.1 Å². The Bertz CT molecular complexity index is 1320. The lowest BCUT2D eigenvalue weighted by Crippen LogP contribution is -1.80. The van der Waals surface area contributed by atoms with Crippen LogP contribution in [0.25, 0.3) is 44.5 Å². The summed E-state index contributed by atoms with van der Waals surface area (Å²) in [6, 6.07) is 11.0. The van der Waals surface area contributed by atoms with E-state index >= 15 is 0 Å². The van der Waals surface area contributed by atoms with E-state index in [1.165, 1.54) is 0 Å². The molecule has 0 aliphatic heterocycles. The summed E-state index contributed by atoms with van der Waals surface area (Å²) in [5, 5.41) is 28.9. The third-order valence-corrected chi connectivity index (χ3v) is 5.14. The van der Waals surface area contributed by atoms with Crippen molar-refractivity contribution in [2.75, 3.05) is 0 Å². The molecule has 0 fully saturated rings. The van der Waals surface area contributed by atoms with Crippen LogP contribution in [0.5, 0.6) is 5.88 Å². The summed E-state index contributed by atoms with van der Waals surface area (Å²) >= 11 is 3.46. The molecule has 0 atom stereocenters. The maximum Gasteiger partial charge on any atom is 0.204 e. The zero-order valence-electron chi connectivity index (χ0n) is 13.5. The number of tetrazole rings is 1. The summed E-state index contributed by atoms with van der Waals surface area (Å²) < 4.78 is 0.803. The zero-order chi connectivity index (χ0) is 18.5. The molecule has 5 aromatic rings. The van der Waals surface area contributed by atoms with Gasteiger partial charge in [0.25, 0.3) is 0 Å². The van der Waals surface area contributed by atoms with Crippen molar-refractivity contribution in [2.24, 2.45) is 5.18 Å². The predicted octanol–water partition coefficient (Wildman–Crippen LogP) is 4.36. The number of para-hydroxylation sites is 1. The Morgan fingerprint density at radius 3 is 2.78 bits per heavy atom. The van der Waals surface area contributed by atoms with Crippen molar-refractivity contribution in [3.63, 3.8) is 0 Å². The molecule has 0 bridgehead atoms. The number of aromatic nitrogens is 6. The average molecular weight is 424 g/mol. The number of aromatic amines is 3.